The van der Waals surface area contributed by atoms with Gasteiger partial charge in [-0.3, -0.25) is 0 Å². The average Bonchev–Trinajstić information content (AvgIpc) is 0.709. The fraction of sp³-hybridized carbons (Fsp3) is 0.352. The largest absolute Gasteiger partial charge is 0.489 e. The van der Waals surface area contributed by atoms with Crippen LogP contribution in [0.5, 0.6) is 17.2 Å². The van der Waals surface area contributed by atoms with Gasteiger partial charge in [-0.25, -0.2) is 13.2 Å². The molecule has 0 saturated carbocycles. The first-order chi connectivity index (χ1) is 53.1. The van der Waals surface area contributed by atoms with Crippen LogP contribution >= 0.6 is 0 Å². The van der Waals surface area contributed by atoms with E-state index >= 15 is 74.3 Å². The van der Waals surface area contributed by atoms with Gasteiger partial charge >= 0.3 is 36.9 Å². The molecule has 0 spiro atoms. The van der Waals surface area contributed by atoms with Crippen molar-refractivity contribution in [1.29, 1.82) is 0 Å². The first-order valence-corrected chi connectivity index (χ1v) is 39.2. The molecular formula is C91H90BF15NO6S-. The number of hydrogen-bond donors (Lipinski definition) is 0. The second-order valence-electron chi connectivity index (χ2n) is 34.0. The molecule has 0 amide bonds. The Morgan fingerprint density at radius 2 is 1.03 bits per heavy atom. The van der Waals surface area contributed by atoms with Crippen LogP contribution in [0, 0.1) is 6.92 Å². The molecule has 0 N–H and O–H groups in total. The lowest BCUT2D eigenvalue weighted by Crippen LogP contribution is -2.76. The van der Waals surface area contributed by atoms with Gasteiger partial charge in [-0.05, 0) is 177 Å². The number of nitrogens with zero attached hydrogens (tertiary/aromatic N) is 1. The van der Waals surface area contributed by atoms with E-state index in [1.807, 2.05) is 64.1 Å². The molecule has 2 aliphatic rings. The van der Waals surface area contributed by atoms with Crippen LogP contribution in [0.15, 0.2) is 181 Å². The molecule has 1 fully saturated rings. The third kappa shape index (κ3) is 18.2. The van der Waals surface area contributed by atoms with Crippen molar-refractivity contribution in [2.75, 3.05) is 13.1 Å². The Labute approximate surface area is 660 Å². The number of fused-ring (bicyclic) bond motifs is 2. The van der Waals surface area contributed by atoms with Crippen LogP contribution in [-0.4, -0.2) is 44.0 Å². The number of esters is 1. The summed E-state index contributed by atoms with van der Waals surface area (Å²) < 4.78 is 279. The van der Waals surface area contributed by atoms with Gasteiger partial charge in [-0.15, -0.1) is 0 Å². The van der Waals surface area contributed by atoms with Gasteiger partial charge < -0.3 is 14.2 Å². The summed E-state index contributed by atoms with van der Waals surface area (Å²) in [5.74, 6) is -0.347. The van der Waals surface area contributed by atoms with Crippen molar-refractivity contribution in [2.24, 2.45) is 0 Å². The van der Waals surface area contributed by atoms with Crippen molar-refractivity contribution >= 4 is 55.6 Å². The van der Waals surface area contributed by atoms with Gasteiger partial charge in [0.15, 0.2) is 0 Å². The van der Waals surface area contributed by atoms with Crippen LogP contribution in [0.25, 0.3) is 11.6 Å². The molecule has 0 radical (unpaired) electrons. The summed E-state index contributed by atoms with van der Waals surface area (Å²) in [7, 11) is -4.26. The first kappa shape index (κ1) is 86.3. The number of carbonyl (C=O) groups is 1. The fourth-order valence-electron chi connectivity index (χ4n) is 15.8. The molecule has 0 bridgehead atoms. The van der Waals surface area contributed by atoms with Crippen LogP contribution < -0.4 is 41.8 Å². The minimum absolute atomic E-state index is 0.0231. The molecule has 2 heterocycles. The summed E-state index contributed by atoms with van der Waals surface area (Å²) in [4.78, 5) is 12.6. The molecule has 0 unspecified atom stereocenters. The van der Waals surface area contributed by atoms with E-state index in [-0.39, 0.29) is 124 Å². The predicted octanol–water partition coefficient (Wildman–Crippen LogP) is 21.2. The molecule has 0 aliphatic carbocycles. The van der Waals surface area contributed by atoms with Gasteiger partial charge in [0.1, 0.15) is 36.1 Å². The van der Waals surface area contributed by atoms with Gasteiger partial charge in [-0.1, -0.05) is 211 Å². The van der Waals surface area contributed by atoms with E-state index in [0.29, 0.717) is 62.2 Å². The number of carbonyl (C=O) groups excluding carboxylic acids is 1. The zero-order valence-corrected chi connectivity index (χ0v) is 67.2. The van der Waals surface area contributed by atoms with Crippen LogP contribution in [0.3, 0.4) is 0 Å². The third-order valence-corrected chi connectivity index (χ3v) is 23.5. The smallest absolute Gasteiger partial charge is 0.416 e. The van der Waals surface area contributed by atoms with E-state index in [2.05, 4.69) is 87.1 Å². The predicted molar refractivity (Wildman–Crippen MR) is 421 cm³/mol. The standard InChI is InChI=1S/C91H90BF15NO6S/c1-51(2)72-48-68(112-50-57-21-17-19-23-78(57)92(64-34-54(7)33-59(41-64)87(93,94)95,65-42-60(88(96,97)98)39-61(43-65)89(99,100)101)66-44-62(90(102,103)104)40-63(45-66)91(105,106)107)49-73(52(3)4)74(72)35-55-25-27-69-79(37-55)114-80-38-56(36-75-76(85(11,12)13)46-58(84(8,9)10)47-77(75)86(14,15)16)26-28-70(80)82(69)71-22-18-20-24-81(71)115(110,111)108-31-29-67(30-32-108)113-83(109)53(5)6/h17-28,33-34,36-49,51-52,67H,5,29-32,35,50H2,1-4,6-16H3/q-1/b56-36+. The maximum Gasteiger partial charge on any atom is 0.416 e. The summed E-state index contributed by atoms with van der Waals surface area (Å²) >= 11 is 0. The quantitative estimate of drug-likeness (QED) is 0.0391. The Morgan fingerprint density at radius 1 is 0.548 bits per heavy atom. The lowest BCUT2D eigenvalue weighted by atomic mass is 9.12. The van der Waals surface area contributed by atoms with Crippen LogP contribution in [-0.2, 0) is 79.7 Å². The average molecular weight is 1620 g/mol. The number of alkyl halides is 15. The number of ether oxygens (including phenoxy) is 3. The highest BCUT2D eigenvalue weighted by Gasteiger charge is 2.46. The molecule has 11 rings (SSSR count). The lowest BCUT2D eigenvalue weighted by Gasteiger charge is -2.47. The molecular weight excluding hydrogens is 1530 g/mol. The monoisotopic (exact) mass is 1620 g/mol. The number of sulfonamides is 1. The molecule has 0 aromatic heterocycles. The molecule has 9 aromatic rings. The normalized spacial score (nSPS) is 14.8. The summed E-state index contributed by atoms with van der Waals surface area (Å²) in [6, 6.07) is 32.4. The van der Waals surface area contributed by atoms with Crippen LogP contribution in [0.2, 0.25) is 0 Å². The van der Waals surface area contributed by atoms with Crippen LogP contribution in [0.4, 0.5) is 65.9 Å². The zero-order chi connectivity index (χ0) is 84.8. The number of halogens is 15. The van der Waals surface area contributed by atoms with E-state index in [1.165, 1.54) is 28.9 Å². The van der Waals surface area contributed by atoms with Crippen molar-refractivity contribution in [3.63, 3.8) is 0 Å². The number of aryl methyl sites for hydroxylation is 1. The highest BCUT2D eigenvalue weighted by atomic mass is 32.2. The maximum atomic E-state index is 15.3. The number of hydrogen-bond acceptors (Lipinski definition) is 6. The molecule has 2 aliphatic heterocycles. The second-order valence-corrected chi connectivity index (χ2v) is 35.9. The molecule has 7 nitrogen and oxygen atoms in total. The van der Waals surface area contributed by atoms with Crippen molar-refractivity contribution < 1.29 is 93.3 Å². The Hall–Kier alpha value is -9.55. The van der Waals surface area contributed by atoms with E-state index in [1.54, 1.807) is 36.4 Å². The Balaban J connectivity index is 1.07. The Morgan fingerprint density at radius 3 is 1.50 bits per heavy atom. The second kappa shape index (κ2) is 31.1. The molecule has 115 heavy (non-hydrogen) atoms. The summed E-state index contributed by atoms with van der Waals surface area (Å²) in [6.45, 7) is 32.8. The van der Waals surface area contributed by atoms with Gasteiger partial charge in [0.2, 0.25) is 10.0 Å². The van der Waals surface area contributed by atoms with Gasteiger partial charge in [0.25, 0.3) is 0 Å². The molecule has 610 valence electrons. The molecule has 1 saturated heterocycles. The van der Waals surface area contributed by atoms with Gasteiger partial charge in [-0.2, -0.15) is 92.0 Å². The van der Waals surface area contributed by atoms with Gasteiger partial charge in [0, 0.05) is 40.6 Å². The molecule has 9 aromatic carbocycles. The number of rotatable bonds is 17. The minimum atomic E-state index is -5.70. The van der Waals surface area contributed by atoms with Crippen molar-refractivity contribution in [3.05, 3.63) is 281 Å². The summed E-state index contributed by atoms with van der Waals surface area (Å²) in [5, 5.41) is 1.39. The SMILES string of the molecule is C=C(C)C(=O)OC1CCN(S(=O)(=O)c2ccccc2C2=c3cc/c(=C\c4c(C(C)(C)C)cc(C(C)(C)C)cc4C(C)(C)C)cc3Oc3cc(Cc4c(C(C)C)cc(OCc5ccccc5[B-](c5cc(C)cc(C(F)(F)F)c5)(c5cc(C(F)(F)F)cc(C(F)(F)F)c5)c5cc(C(F)(F)F)cc(C(F)(F)F)c5)cc4C(C)C)ccc32)CC1. The summed E-state index contributed by atoms with van der Waals surface area (Å²) in [5.41, 5.74) is -6.18. The lowest BCUT2D eigenvalue weighted by molar-refractivity contribution is -0.146. The Bertz CT molecular complexity index is 5320. The van der Waals surface area contributed by atoms with Gasteiger partial charge in [0.05, 0.1) is 32.7 Å². The summed E-state index contributed by atoms with van der Waals surface area (Å²) in [6.07, 6.45) is -30.3. The highest BCUT2D eigenvalue weighted by Crippen LogP contribution is 2.45. The van der Waals surface area contributed by atoms with E-state index in [4.69, 9.17) is 14.2 Å². The van der Waals surface area contributed by atoms with Crippen LogP contribution in [0.1, 0.15) is 216 Å². The van der Waals surface area contributed by atoms with E-state index < -0.39 is 115 Å². The van der Waals surface area contributed by atoms with Crippen molar-refractivity contribution in [3.8, 4) is 17.2 Å². The topological polar surface area (TPSA) is 82.1 Å². The fourth-order valence-corrected chi connectivity index (χ4v) is 17.5. The van der Waals surface area contributed by atoms with Crippen molar-refractivity contribution in [1.82, 2.24) is 4.31 Å². The molecule has 0 atom stereocenters. The number of piperidine rings is 1. The third-order valence-electron chi connectivity index (χ3n) is 21.6. The highest BCUT2D eigenvalue weighted by molar-refractivity contribution is 7.89. The van der Waals surface area contributed by atoms with Crippen molar-refractivity contribution in [2.45, 2.75) is 200 Å². The van der Waals surface area contributed by atoms with E-state index in [9.17, 15) is 4.79 Å². The van der Waals surface area contributed by atoms with E-state index in [0.717, 1.165) is 52.6 Å². The minimum Gasteiger partial charge on any atom is -0.489 e. The Kier molecular flexibility index (Phi) is 23.4. The number of benzene rings is 9. The first-order valence-electron chi connectivity index (χ1n) is 37.7. The maximum absolute atomic E-state index is 15.3. The zero-order valence-electron chi connectivity index (χ0n) is 66.4. The molecule has 24 heteroatoms.